The Balaban J connectivity index is 1.65. The van der Waals surface area contributed by atoms with Gasteiger partial charge in [-0.2, -0.15) is 5.10 Å². The monoisotopic (exact) mass is 361 g/mol. The third-order valence-corrected chi connectivity index (χ3v) is 4.66. The van der Waals surface area contributed by atoms with Gasteiger partial charge in [0.25, 0.3) is 0 Å². The molecular weight excluding hydrogens is 342 g/mol. The molecule has 4 aromatic rings. The molecule has 0 atom stereocenters. The second-order valence-electron chi connectivity index (χ2n) is 6.45. The van der Waals surface area contributed by atoms with E-state index in [1.54, 1.807) is 19.5 Å². The zero-order valence-electron chi connectivity index (χ0n) is 15.3. The normalized spacial score (nSPS) is 11.1. The van der Waals surface area contributed by atoms with Gasteiger partial charge < -0.3 is 9.72 Å². The number of hydrogen-bond acceptors (Lipinski definition) is 5. The number of Topliss-reactive ketones (excluding diaryl/α,β-unsaturated/α-hetero) is 1. The van der Waals surface area contributed by atoms with Gasteiger partial charge in [0.2, 0.25) is 5.88 Å². The average Bonchev–Trinajstić information content (AvgIpc) is 3.25. The lowest BCUT2D eigenvalue weighted by Gasteiger charge is -2.03. The van der Waals surface area contributed by atoms with Gasteiger partial charge in [-0.3, -0.25) is 9.89 Å². The predicted molar refractivity (Wildman–Crippen MR) is 102 cm³/mol. The van der Waals surface area contributed by atoms with Gasteiger partial charge in [-0.25, -0.2) is 9.97 Å². The molecular formula is C20H19N5O2. The summed E-state index contributed by atoms with van der Waals surface area (Å²) in [6.07, 6.45) is 3.66. The number of methoxy groups -OCH3 is 1. The molecule has 4 heterocycles. The van der Waals surface area contributed by atoms with E-state index >= 15 is 0 Å². The van der Waals surface area contributed by atoms with Crippen molar-refractivity contribution >= 4 is 16.8 Å². The number of rotatable bonds is 5. The van der Waals surface area contributed by atoms with Crippen molar-refractivity contribution in [2.24, 2.45) is 0 Å². The fourth-order valence-corrected chi connectivity index (χ4v) is 3.09. The molecule has 0 unspecified atom stereocenters. The standard InChI is InChI=1S/C20H19N5O2/c1-11-12(2)24-25-18(11)17(26)8-13-7-14-9-16(23-19(14)22-10-13)15-5-4-6-21-20(15)27-3/h4-7,9-10H,8H2,1-3H3,(H,22,23)(H,24,25). The number of aromatic amines is 2. The van der Waals surface area contributed by atoms with Crippen molar-refractivity contribution in [3.05, 3.63) is 59.2 Å². The number of aryl methyl sites for hydroxylation is 1. The number of carbonyl (C=O) groups excluding carboxylic acids is 1. The van der Waals surface area contributed by atoms with Crippen molar-refractivity contribution in [1.29, 1.82) is 0 Å². The molecule has 7 heteroatoms. The van der Waals surface area contributed by atoms with Crippen molar-refractivity contribution in [2.75, 3.05) is 7.11 Å². The van der Waals surface area contributed by atoms with Crippen LogP contribution in [0.5, 0.6) is 5.88 Å². The molecule has 0 radical (unpaired) electrons. The van der Waals surface area contributed by atoms with Crippen molar-refractivity contribution in [1.82, 2.24) is 25.1 Å². The van der Waals surface area contributed by atoms with E-state index in [0.717, 1.165) is 39.1 Å². The summed E-state index contributed by atoms with van der Waals surface area (Å²) in [6.45, 7) is 3.80. The third-order valence-electron chi connectivity index (χ3n) is 4.66. The average molecular weight is 361 g/mol. The second kappa shape index (κ2) is 6.68. The molecule has 2 N–H and O–H groups in total. The molecule has 0 spiro atoms. The maximum atomic E-state index is 12.6. The van der Waals surface area contributed by atoms with Crippen LogP contribution in [0.2, 0.25) is 0 Å². The summed E-state index contributed by atoms with van der Waals surface area (Å²) in [4.78, 5) is 24.5. The summed E-state index contributed by atoms with van der Waals surface area (Å²) in [7, 11) is 1.59. The molecule has 136 valence electrons. The summed E-state index contributed by atoms with van der Waals surface area (Å²) in [5.41, 5.74) is 5.61. The van der Waals surface area contributed by atoms with E-state index in [0.29, 0.717) is 11.6 Å². The minimum atomic E-state index is -0.0253. The van der Waals surface area contributed by atoms with Gasteiger partial charge in [0.05, 0.1) is 18.4 Å². The zero-order chi connectivity index (χ0) is 19.0. The van der Waals surface area contributed by atoms with Gasteiger partial charge >= 0.3 is 0 Å². The second-order valence-corrected chi connectivity index (χ2v) is 6.45. The predicted octanol–water partition coefficient (Wildman–Crippen LogP) is 3.40. The lowest BCUT2D eigenvalue weighted by Crippen LogP contribution is -2.06. The number of H-pyrrole nitrogens is 2. The van der Waals surface area contributed by atoms with Crippen molar-refractivity contribution in [3.63, 3.8) is 0 Å². The zero-order valence-corrected chi connectivity index (χ0v) is 15.3. The summed E-state index contributed by atoms with van der Waals surface area (Å²) in [5, 5.41) is 7.90. The van der Waals surface area contributed by atoms with E-state index in [9.17, 15) is 4.79 Å². The molecule has 0 aliphatic carbocycles. The first-order chi connectivity index (χ1) is 13.1. The number of nitrogens with zero attached hydrogens (tertiary/aromatic N) is 3. The Morgan fingerprint density at radius 3 is 2.81 bits per heavy atom. The quantitative estimate of drug-likeness (QED) is 0.531. The number of carbonyl (C=O) groups is 1. The Bertz CT molecular complexity index is 1140. The fourth-order valence-electron chi connectivity index (χ4n) is 3.09. The highest BCUT2D eigenvalue weighted by molar-refractivity contribution is 5.97. The number of fused-ring (bicyclic) bond motifs is 1. The largest absolute Gasteiger partial charge is 0.481 e. The Kier molecular flexibility index (Phi) is 4.19. The van der Waals surface area contributed by atoms with Crippen LogP contribution < -0.4 is 4.74 Å². The van der Waals surface area contributed by atoms with Crippen LogP contribution in [-0.2, 0) is 6.42 Å². The van der Waals surface area contributed by atoms with Crippen LogP contribution in [0.25, 0.3) is 22.3 Å². The van der Waals surface area contributed by atoms with E-state index < -0.39 is 0 Å². The number of aromatic nitrogens is 5. The van der Waals surface area contributed by atoms with Crippen LogP contribution >= 0.6 is 0 Å². The van der Waals surface area contributed by atoms with Gasteiger partial charge in [-0.05, 0) is 43.7 Å². The topological polar surface area (TPSA) is 96.6 Å². The summed E-state index contributed by atoms with van der Waals surface area (Å²) < 4.78 is 5.33. The van der Waals surface area contributed by atoms with Gasteiger partial charge in [-0.1, -0.05) is 0 Å². The molecule has 4 rings (SSSR count). The van der Waals surface area contributed by atoms with Crippen LogP contribution in [0.1, 0.15) is 27.3 Å². The SMILES string of the molecule is COc1ncccc1-c1cc2cc(CC(=O)c3n[nH]c(C)c3C)cnc2[nH]1. The lowest BCUT2D eigenvalue weighted by molar-refractivity contribution is 0.0987. The first kappa shape index (κ1) is 17.0. The molecule has 0 fully saturated rings. The molecule has 0 aliphatic rings. The third kappa shape index (κ3) is 3.08. The number of nitrogens with one attached hydrogen (secondary N) is 2. The smallest absolute Gasteiger partial charge is 0.222 e. The van der Waals surface area contributed by atoms with Crippen LogP contribution in [-0.4, -0.2) is 38.0 Å². The van der Waals surface area contributed by atoms with E-state index in [1.807, 2.05) is 38.1 Å². The molecule has 0 bridgehead atoms. The van der Waals surface area contributed by atoms with Crippen LogP contribution in [0.4, 0.5) is 0 Å². The van der Waals surface area contributed by atoms with E-state index in [1.165, 1.54) is 0 Å². The first-order valence-corrected chi connectivity index (χ1v) is 8.58. The number of ether oxygens (including phenoxy) is 1. The highest BCUT2D eigenvalue weighted by Gasteiger charge is 2.16. The molecule has 0 aliphatic heterocycles. The highest BCUT2D eigenvalue weighted by atomic mass is 16.5. The molecule has 0 aromatic carbocycles. The minimum Gasteiger partial charge on any atom is -0.481 e. The Morgan fingerprint density at radius 1 is 1.22 bits per heavy atom. The van der Waals surface area contributed by atoms with Gasteiger partial charge in [0, 0.05) is 35.5 Å². The van der Waals surface area contributed by atoms with E-state index in [2.05, 4.69) is 25.1 Å². The minimum absolute atomic E-state index is 0.0253. The number of pyridine rings is 2. The Hall–Kier alpha value is -3.48. The molecule has 7 nitrogen and oxygen atoms in total. The molecule has 0 saturated carbocycles. The van der Waals surface area contributed by atoms with Crippen molar-refractivity contribution in [3.8, 4) is 17.1 Å². The Labute approximate surface area is 155 Å². The first-order valence-electron chi connectivity index (χ1n) is 8.58. The van der Waals surface area contributed by atoms with E-state index in [4.69, 9.17) is 4.74 Å². The Morgan fingerprint density at radius 2 is 2.07 bits per heavy atom. The molecule has 4 aromatic heterocycles. The maximum Gasteiger partial charge on any atom is 0.222 e. The van der Waals surface area contributed by atoms with Gasteiger partial charge in [0.15, 0.2) is 5.78 Å². The summed E-state index contributed by atoms with van der Waals surface area (Å²) in [5.74, 6) is 0.520. The van der Waals surface area contributed by atoms with Crippen LogP contribution in [0.15, 0.2) is 36.7 Å². The summed E-state index contributed by atoms with van der Waals surface area (Å²) in [6, 6.07) is 7.75. The fraction of sp³-hybridized carbons (Fsp3) is 0.200. The maximum absolute atomic E-state index is 12.6. The lowest BCUT2D eigenvalue weighted by atomic mass is 10.0. The van der Waals surface area contributed by atoms with E-state index in [-0.39, 0.29) is 12.2 Å². The van der Waals surface area contributed by atoms with Crippen LogP contribution in [0, 0.1) is 13.8 Å². The van der Waals surface area contributed by atoms with Gasteiger partial charge in [-0.15, -0.1) is 0 Å². The number of hydrogen-bond donors (Lipinski definition) is 2. The molecule has 0 amide bonds. The molecule has 27 heavy (non-hydrogen) atoms. The van der Waals surface area contributed by atoms with Crippen molar-refractivity contribution < 1.29 is 9.53 Å². The molecule has 0 saturated heterocycles. The highest BCUT2D eigenvalue weighted by Crippen LogP contribution is 2.29. The van der Waals surface area contributed by atoms with Crippen molar-refractivity contribution in [2.45, 2.75) is 20.3 Å². The van der Waals surface area contributed by atoms with Crippen LogP contribution in [0.3, 0.4) is 0 Å². The summed E-state index contributed by atoms with van der Waals surface area (Å²) >= 11 is 0. The van der Waals surface area contributed by atoms with Gasteiger partial charge in [0.1, 0.15) is 11.3 Å². The number of ketones is 1.